The molecule has 1 aromatic rings. The normalized spacial score (nSPS) is 20.3. The van der Waals surface area contributed by atoms with E-state index in [2.05, 4.69) is 0 Å². The highest BCUT2D eigenvalue weighted by Crippen LogP contribution is 2.27. The summed E-state index contributed by atoms with van der Waals surface area (Å²) in [6.07, 6.45) is -0.201. The lowest BCUT2D eigenvalue weighted by molar-refractivity contribution is 0.0452. The number of rotatable bonds is 2. The van der Waals surface area contributed by atoms with Gasteiger partial charge in [0.25, 0.3) is 0 Å². The largest absolute Gasteiger partial charge is 0.443 e. The minimum atomic E-state index is -0.430. The summed E-state index contributed by atoms with van der Waals surface area (Å²) in [4.78, 5) is 13.3. The van der Waals surface area contributed by atoms with E-state index in [1.165, 1.54) is 0 Å². The molecule has 1 N–H and O–H groups in total. The summed E-state index contributed by atoms with van der Waals surface area (Å²) in [5, 5.41) is 9.53. The molecule has 1 amide bonds. The molecule has 1 aromatic carbocycles. The molecule has 1 fully saturated rings. The topological polar surface area (TPSA) is 49.8 Å². The van der Waals surface area contributed by atoms with Crippen molar-refractivity contribution in [3.63, 3.8) is 0 Å². The van der Waals surface area contributed by atoms with Crippen LogP contribution in [-0.4, -0.2) is 30.5 Å². The van der Waals surface area contributed by atoms with Gasteiger partial charge in [-0.2, -0.15) is 0 Å². The summed E-state index contributed by atoms with van der Waals surface area (Å²) in [6, 6.07) is 5.40. The zero-order chi connectivity index (χ0) is 12.4. The third-order valence-corrected chi connectivity index (χ3v) is 3.06. The van der Waals surface area contributed by atoms with Crippen LogP contribution in [0.2, 0.25) is 5.02 Å². The molecule has 1 saturated heterocycles. The van der Waals surface area contributed by atoms with Gasteiger partial charge < -0.3 is 9.84 Å². The van der Waals surface area contributed by atoms with E-state index in [1.807, 2.05) is 13.0 Å². The molecule has 2 rings (SSSR count). The smallest absolute Gasteiger partial charge is 0.414 e. The summed E-state index contributed by atoms with van der Waals surface area (Å²) in [7, 11) is 0. The lowest BCUT2D eigenvalue weighted by Gasteiger charge is -2.31. The van der Waals surface area contributed by atoms with Crippen LogP contribution in [0.5, 0.6) is 0 Å². The van der Waals surface area contributed by atoms with E-state index in [-0.39, 0.29) is 6.61 Å². The Balaban J connectivity index is 2.23. The zero-order valence-electron chi connectivity index (χ0n) is 9.52. The standard InChI is InChI=1S/C12H14ClNO3/c1-8-2-3-9(13)6-11(8)14-5-4-10(7-15)17-12(14)16/h2-3,6,10,15H,4-5,7H2,1H3. The maximum atomic E-state index is 11.8. The van der Waals surface area contributed by atoms with Crippen LogP contribution in [0.4, 0.5) is 10.5 Å². The summed E-state index contributed by atoms with van der Waals surface area (Å²) in [5.41, 5.74) is 1.73. The molecule has 0 radical (unpaired) electrons. The van der Waals surface area contributed by atoms with E-state index in [4.69, 9.17) is 21.4 Å². The minimum absolute atomic E-state index is 0.131. The number of anilines is 1. The molecule has 0 aromatic heterocycles. The highest BCUT2D eigenvalue weighted by molar-refractivity contribution is 6.31. The number of carbonyl (C=O) groups is 1. The van der Waals surface area contributed by atoms with Gasteiger partial charge in [0.05, 0.1) is 12.3 Å². The van der Waals surface area contributed by atoms with Crippen LogP contribution in [0, 0.1) is 6.92 Å². The molecule has 0 aliphatic carbocycles. The summed E-state index contributed by atoms with van der Waals surface area (Å²) in [5.74, 6) is 0. The predicted octanol–water partition coefficient (Wildman–Crippen LogP) is 2.36. The highest BCUT2D eigenvalue weighted by Gasteiger charge is 2.28. The van der Waals surface area contributed by atoms with Crippen molar-refractivity contribution >= 4 is 23.4 Å². The molecule has 1 heterocycles. The average molecular weight is 256 g/mol. The Labute approximate surface area is 105 Å². The Morgan fingerprint density at radius 1 is 1.59 bits per heavy atom. The van der Waals surface area contributed by atoms with Crippen molar-refractivity contribution < 1.29 is 14.6 Å². The number of carbonyl (C=O) groups excluding carboxylic acids is 1. The molecule has 0 saturated carbocycles. The molecule has 0 spiro atoms. The van der Waals surface area contributed by atoms with Gasteiger partial charge in [0.2, 0.25) is 0 Å². The van der Waals surface area contributed by atoms with Gasteiger partial charge in [0.1, 0.15) is 6.10 Å². The van der Waals surface area contributed by atoms with Gasteiger partial charge in [0.15, 0.2) is 0 Å². The first kappa shape index (κ1) is 12.2. The van der Waals surface area contributed by atoms with Gasteiger partial charge >= 0.3 is 6.09 Å². The van der Waals surface area contributed by atoms with Gasteiger partial charge in [-0.3, -0.25) is 4.90 Å². The molecule has 17 heavy (non-hydrogen) atoms. The monoisotopic (exact) mass is 255 g/mol. The fourth-order valence-corrected chi connectivity index (χ4v) is 2.02. The number of aliphatic hydroxyl groups is 1. The minimum Gasteiger partial charge on any atom is -0.443 e. The number of aryl methyl sites for hydroxylation is 1. The predicted molar refractivity (Wildman–Crippen MR) is 65.5 cm³/mol. The number of hydrogen-bond acceptors (Lipinski definition) is 3. The quantitative estimate of drug-likeness (QED) is 0.883. The van der Waals surface area contributed by atoms with E-state index in [1.54, 1.807) is 17.0 Å². The van der Waals surface area contributed by atoms with Crippen LogP contribution in [0.1, 0.15) is 12.0 Å². The molecular formula is C12H14ClNO3. The summed E-state index contributed by atoms with van der Waals surface area (Å²) < 4.78 is 5.09. The summed E-state index contributed by atoms with van der Waals surface area (Å²) >= 11 is 5.92. The Hall–Kier alpha value is -1.26. The van der Waals surface area contributed by atoms with Crippen LogP contribution >= 0.6 is 11.6 Å². The van der Waals surface area contributed by atoms with Crippen molar-refractivity contribution in [1.82, 2.24) is 0 Å². The lowest BCUT2D eigenvalue weighted by atomic mass is 10.1. The van der Waals surface area contributed by atoms with Crippen molar-refractivity contribution in [3.05, 3.63) is 28.8 Å². The van der Waals surface area contributed by atoms with Crippen LogP contribution in [0.3, 0.4) is 0 Å². The third kappa shape index (κ3) is 2.53. The second-order valence-electron chi connectivity index (χ2n) is 4.06. The fourth-order valence-electron chi connectivity index (χ4n) is 1.85. The maximum Gasteiger partial charge on any atom is 0.414 e. The molecule has 4 nitrogen and oxygen atoms in total. The number of benzene rings is 1. The second-order valence-corrected chi connectivity index (χ2v) is 4.50. The van der Waals surface area contributed by atoms with Crippen molar-refractivity contribution in [2.45, 2.75) is 19.4 Å². The molecule has 92 valence electrons. The van der Waals surface area contributed by atoms with Gasteiger partial charge in [-0.05, 0) is 24.6 Å². The molecule has 5 heteroatoms. The third-order valence-electron chi connectivity index (χ3n) is 2.83. The van der Waals surface area contributed by atoms with Gasteiger partial charge in [0, 0.05) is 18.0 Å². The number of cyclic esters (lactones) is 1. The van der Waals surface area contributed by atoms with E-state index >= 15 is 0 Å². The molecular weight excluding hydrogens is 242 g/mol. The zero-order valence-corrected chi connectivity index (χ0v) is 10.3. The molecule has 1 aliphatic rings. The van der Waals surface area contributed by atoms with Crippen molar-refractivity contribution in [2.24, 2.45) is 0 Å². The van der Waals surface area contributed by atoms with E-state index in [9.17, 15) is 4.79 Å². The van der Waals surface area contributed by atoms with Gasteiger partial charge in [-0.25, -0.2) is 4.79 Å². The maximum absolute atomic E-state index is 11.8. The first-order valence-corrected chi connectivity index (χ1v) is 5.85. The van der Waals surface area contributed by atoms with Gasteiger partial charge in [-0.1, -0.05) is 17.7 Å². The molecule has 1 aliphatic heterocycles. The molecule has 1 atom stereocenters. The van der Waals surface area contributed by atoms with Crippen LogP contribution < -0.4 is 4.90 Å². The van der Waals surface area contributed by atoms with Crippen molar-refractivity contribution in [1.29, 1.82) is 0 Å². The number of amides is 1. The lowest BCUT2D eigenvalue weighted by Crippen LogP contribution is -2.43. The number of halogens is 1. The first-order valence-electron chi connectivity index (χ1n) is 5.47. The summed E-state index contributed by atoms with van der Waals surface area (Å²) in [6.45, 7) is 2.32. The Morgan fingerprint density at radius 3 is 3.00 bits per heavy atom. The Morgan fingerprint density at radius 2 is 2.35 bits per heavy atom. The van der Waals surface area contributed by atoms with Crippen LogP contribution in [0.15, 0.2) is 18.2 Å². The molecule has 0 bridgehead atoms. The SMILES string of the molecule is Cc1ccc(Cl)cc1N1CCC(CO)OC1=O. The fraction of sp³-hybridized carbons (Fsp3) is 0.417. The number of nitrogens with zero attached hydrogens (tertiary/aromatic N) is 1. The Bertz CT molecular complexity index is 436. The van der Waals surface area contributed by atoms with E-state index < -0.39 is 12.2 Å². The highest BCUT2D eigenvalue weighted by atomic mass is 35.5. The van der Waals surface area contributed by atoms with E-state index in [0.717, 1.165) is 11.3 Å². The average Bonchev–Trinajstić information content (AvgIpc) is 2.32. The van der Waals surface area contributed by atoms with Crippen molar-refractivity contribution in [2.75, 3.05) is 18.1 Å². The van der Waals surface area contributed by atoms with E-state index in [0.29, 0.717) is 18.0 Å². The van der Waals surface area contributed by atoms with Crippen molar-refractivity contribution in [3.8, 4) is 0 Å². The first-order chi connectivity index (χ1) is 8.11. The van der Waals surface area contributed by atoms with Crippen LogP contribution in [0.25, 0.3) is 0 Å². The Kier molecular flexibility index (Phi) is 3.54. The van der Waals surface area contributed by atoms with Gasteiger partial charge in [-0.15, -0.1) is 0 Å². The number of aliphatic hydroxyl groups excluding tert-OH is 1. The second kappa shape index (κ2) is 4.94. The number of ether oxygens (including phenoxy) is 1. The number of hydrogen-bond donors (Lipinski definition) is 1. The molecule has 1 unspecified atom stereocenters. The van der Waals surface area contributed by atoms with Crippen LogP contribution in [-0.2, 0) is 4.74 Å².